The Bertz CT molecular complexity index is 76.0. The van der Waals surface area contributed by atoms with Crippen LogP contribution in [0.15, 0.2) is 0 Å². The van der Waals surface area contributed by atoms with Crippen LogP contribution in [0.3, 0.4) is 0 Å². The van der Waals surface area contributed by atoms with E-state index in [2.05, 4.69) is 19.2 Å². The maximum atomic E-state index is 4.39. The first-order valence-corrected chi connectivity index (χ1v) is 4.49. The zero-order chi connectivity index (χ0) is 7.98. The van der Waals surface area contributed by atoms with Crippen LogP contribution in [-0.2, 0) is 0 Å². The smallest absolute Gasteiger partial charge is 0.660 e. The third kappa shape index (κ3) is 6.89. The normalized spacial score (nSPS) is 28.4. The number of nitrogens with zero attached hydrogens (tertiary/aromatic N) is 1. The summed E-state index contributed by atoms with van der Waals surface area (Å²) in [6.45, 7) is 9.57. The Morgan fingerprint density at radius 3 is 2.09 bits per heavy atom. The molecular weight excluding hydrogens is 208 g/mol. The van der Waals surface area contributed by atoms with Gasteiger partial charge in [0.1, 0.15) is 0 Å². The number of rotatable bonds is 1. The van der Waals surface area contributed by atoms with E-state index in [0.717, 1.165) is 12.5 Å². The van der Waals surface area contributed by atoms with Crippen molar-refractivity contribution in [1.29, 1.82) is 0 Å². The Morgan fingerprint density at radius 2 is 1.91 bits per heavy atom. The second-order valence-corrected chi connectivity index (χ2v) is 2.72. The summed E-state index contributed by atoms with van der Waals surface area (Å²) in [7, 11) is 0. The molecule has 0 aliphatic carbocycles. The van der Waals surface area contributed by atoms with E-state index in [4.69, 9.17) is 0 Å². The van der Waals surface area contributed by atoms with Crippen LogP contribution in [0.1, 0.15) is 40.5 Å². The summed E-state index contributed by atoms with van der Waals surface area (Å²) in [4.78, 5) is 0. The van der Waals surface area contributed by atoms with Gasteiger partial charge in [-0.1, -0.05) is 46.5 Å². The van der Waals surface area contributed by atoms with Crippen molar-refractivity contribution in [3.63, 3.8) is 0 Å². The van der Waals surface area contributed by atoms with E-state index >= 15 is 0 Å². The molecule has 1 fully saturated rings. The van der Waals surface area contributed by atoms with Crippen molar-refractivity contribution < 1.29 is 58.2 Å². The monoisotopic (exact) mass is 227 g/mol. The van der Waals surface area contributed by atoms with Gasteiger partial charge in [0.05, 0.1) is 0 Å². The first-order valence-electron chi connectivity index (χ1n) is 4.49. The van der Waals surface area contributed by atoms with Gasteiger partial charge >= 0.3 is 58.2 Å². The summed E-state index contributed by atoms with van der Waals surface area (Å²) < 4.78 is 0. The van der Waals surface area contributed by atoms with E-state index in [1.54, 1.807) is 0 Å². The van der Waals surface area contributed by atoms with Crippen LogP contribution in [0.2, 0.25) is 0 Å². The maximum absolute atomic E-state index is 4.39. The molecule has 0 saturated carbocycles. The molecule has 0 aromatic rings. The molecule has 1 heterocycles. The van der Waals surface area contributed by atoms with Crippen molar-refractivity contribution in [1.82, 2.24) is 0 Å². The second-order valence-electron chi connectivity index (χ2n) is 2.72. The molecule has 1 rings (SSSR count). The van der Waals surface area contributed by atoms with Gasteiger partial charge in [0, 0.05) is 0 Å². The minimum atomic E-state index is 0. The Labute approximate surface area is 121 Å². The number of hydrogen-bond donors (Lipinski definition) is 0. The minimum Gasteiger partial charge on any atom is -0.660 e. The molecule has 62 valence electrons. The molecule has 1 saturated heterocycles. The minimum absolute atomic E-state index is 0. The van der Waals surface area contributed by atoms with Gasteiger partial charge in [-0.2, -0.15) is 0 Å². The van der Waals surface area contributed by atoms with Gasteiger partial charge in [-0.05, 0) is 0 Å². The van der Waals surface area contributed by atoms with E-state index < -0.39 is 0 Å². The fourth-order valence-electron chi connectivity index (χ4n) is 1.26. The zero-order valence-electron chi connectivity index (χ0n) is 8.72. The Morgan fingerprint density at radius 1 is 1.36 bits per heavy atom. The molecular formula is C9H20NRb. The summed E-state index contributed by atoms with van der Waals surface area (Å²) in [5, 5.41) is 4.39. The van der Waals surface area contributed by atoms with Crippen LogP contribution in [0.25, 0.3) is 5.32 Å². The molecule has 0 spiro atoms. The van der Waals surface area contributed by atoms with E-state index in [0.29, 0.717) is 6.04 Å². The summed E-state index contributed by atoms with van der Waals surface area (Å²) in [5.74, 6) is 0.907. The summed E-state index contributed by atoms with van der Waals surface area (Å²) in [6.07, 6.45) is 2.64. The quantitative estimate of drug-likeness (QED) is 0.608. The molecule has 0 bridgehead atoms. The fourth-order valence-corrected chi connectivity index (χ4v) is 1.26. The Hall–Kier alpha value is 1.77. The average Bonchev–Trinajstić information content (AvgIpc) is 2.40. The molecule has 11 heavy (non-hydrogen) atoms. The largest absolute Gasteiger partial charge is 1.00 e. The predicted molar refractivity (Wildman–Crippen MR) is 47.4 cm³/mol. The molecule has 2 atom stereocenters. The van der Waals surface area contributed by atoms with Crippen molar-refractivity contribution in [3.05, 3.63) is 5.32 Å². The molecule has 0 amide bonds. The van der Waals surface area contributed by atoms with Crippen molar-refractivity contribution >= 4 is 0 Å². The van der Waals surface area contributed by atoms with E-state index in [9.17, 15) is 0 Å². The first-order chi connectivity index (χ1) is 4.83. The van der Waals surface area contributed by atoms with Crippen LogP contribution >= 0.6 is 0 Å². The molecule has 1 nitrogen and oxygen atoms in total. The molecule has 1 aliphatic heterocycles. The summed E-state index contributed by atoms with van der Waals surface area (Å²) >= 11 is 0. The van der Waals surface area contributed by atoms with Gasteiger partial charge in [-0.15, -0.1) is 12.6 Å². The maximum Gasteiger partial charge on any atom is 1.00 e. The van der Waals surface area contributed by atoms with Crippen LogP contribution < -0.4 is 58.2 Å². The zero-order valence-corrected chi connectivity index (χ0v) is 13.6. The van der Waals surface area contributed by atoms with E-state index in [-0.39, 0.29) is 58.2 Å². The van der Waals surface area contributed by atoms with E-state index in [1.165, 1.54) is 12.8 Å². The van der Waals surface area contributed by atoms with Crippen molar-refractivity contribution in [2.24, 2.45) is 5.92 Å². The SMILES string of the molecule is CC.CCC1C[N-]C(C)C1.[Rb+]. The van der Waals surface area contributed by atoms with Gasteiger partial charge < -0.3 is 5.32 Å². The molecule has 2 unspecified atom stereocenters. The van der Waals surface area contributed by atoms with Crippen molar-refractivity contribution in [3.8, 4) is 0 Å². The van der Waals surface area contributed by atoms with Crippen LogP contribution in [0.5, 0.6) is 0 Å². The average molecular weight is 228 g/mol. The van der Waals surface area contributed by atoms with E-state index in [1.807, 2.05) is 13.8 Å². The van der Waals surface area contributed by atoms with Gasteiger partial charge in [0.15, 0.2) is 0 Å². The van der Waals surface area contributed by atoms with Crippen LogP contribution in [-0.4, -0.2) is 12.6 Å². The summed E-state index contributed by atoms with van der Waals surface area (Å²) in [6, 6.07) is 0.653. The molecule has 1 aliphatic rings. The van der Waals surface area contributed by atoms with Gasteiger partial charge in [-0.3, -0.25) is 0 Å². The molecule has 2 heteroatoms. The van der Waals surface area contributed by atoms with Gasteiger partial charge in [0.2, 0.25) is 0 Å². The van der Waals surface area contributed by atoms with Crippen LogP contribution in [0.4, 0.5) is 0 Å². The molecule has 0 N–H and O–H groups in total. The number of hydrogen-bond acceptors (Lipinski definition) is 0. The second kappa shape index (κ2) is 9.85. The molecule has 0 aromatic carbocycles. The van der Waals surface area contributed by atoms with Crippen molar-refractivity contribution in [2.75, 3.05) is 6.54 Å². The van der Waals surface area contributed by atoms with Crippen molar-refractivity contribution in [2.45, 2.75) is 46.6 Å². The summed E-state index contributed by atoms with van der Waals surface area (Å²) in [5.41, 5.74) is 0. The Kier molecular flexibility index (Phi) is 13.7. The standard InChI is InChI=1S/C7H14N.C2H6.Rb/c1-3-7-4-6(2)8-5-7;1-2;/h6-7H,3-5H2,1-2H3;1-2H3;/q-1;;+1. The molecule has 0 radical (unpaired) electrons. The third-order valence-electron chi connectivity index (χ3n) is 1.93. The first kappa shape index (κ1) is 15.2. The Balaban J connectivity index is 0. The third-order valence-corrected chi connectivity index (χ3v) is 1.93. The predicted octanol–water partition coefficient (Wildman–Crippen LogP) is 0.209. The van der Waals surface area contributed by atoms with Crippen LogP contribution in [0, 0.1) is 5.92 Å². The van der Waals surface area contributed by atoms with Gasteiger partial charge in [-0.25, -0.2) is 0 Å². The molecule has 0 aromatic heterocycles. The van der Waals surface area contributed by atoms with Gasteiger partial charge in [0.25, 0.3) is 0 Å². The fraction of sp³-hybridized carbons (Fsp3) is 1.00. The topological polar surface area (TPSA) is 14.1 Å².